The summed E-state index contributed by atoms with van der Waals surface area (Å²) in [6, 6.07) is 0.661. The van der Waals surface area contributed by atoms with Crippen molar-refractivity contribution in [3.05, 3.63) is 0 Å². The summed E-state index contributed by atoms with van der Waals surface area (Å²) in [5, 5.41) is 3.66. The molecule has 5 nitrogen and oxygen atoms in total. The number of hydrogen-bond donors (Lipinski definition) is 1. The van der Waals surface area contributed by atoms with Crippen LogP contribution in [0.4, 0.5) is 0 Å². The van der Waals surface area contributed by atoms with Gasteiger partial charge >= 0.3 is 0 Å². The summed E-state index contributed by atoms with van der Waals surface area (Å²) in [7, 11) is 1.91. The Balaban J connectivity index is 0.00000338. The van der Waals surface area contributed by atoms with Gasteiger partial charge in [-0.3, -0.25) is 9.89 Å². The van der Waals surface area contributed by atoms with Gasteiger partial charge < -0.3 is 15.0 Å². The van der Waals surface area contributed by atoms with E-state index in [0.717, 1.165) is 45.3 Å². The molecule has 26 heavy (non-hydrogen) atoms. The first-order valence-corrected chi connectivity index (χ1v) is 10.2. The third kappa shape index (κ3) is 6.23. The SMILES string of the molecule is CCN(CC)C1CCN(C(=NC)NCC2CCCOC2C(C)(C)C)C1.I. The lowest BCUT2D eigenvalue weighted by atomic mass is 9.78. The van der Waals surface area contributed by atoms with Crippen molar-refractivity contribution in [3.63, 3.8) is 0 Å². The van der Waals surface area contributed by atoms with Gasteiger partial charge in [0, 0.05) is 45.2 Å². The maximum atomic E-state index is 6.12. The molecule has 6 heteroatoms. The van der Waals surface area contributed by atoms with Gasteiger partial charge in [0.15, 0.2) is 5.96 Å². The van der Waals surface area contributed by atoms with E-state index in [4.69, 9.17) is 4.74 Å². The number of likely N-dealkylation sites (N-methyl/N-ethyl adjacent to an activating group) is 1. The fourth-order valence-corrected chi connectivity index (χ4v) is 4.54. The van der Waals surface area contributed by atoms with Crippen molar-refractivity contribution in [2.75, 3.05) is 46.4 Å². The van der Waals surface area contributed by atoms with E-state index >= 15 is 0 Å². The molecular formula is C20H41IN4O. The van der Waals surface area contributed by atoms with E-state index in [-0.39, 0.29) is 29.4 Å². The minimum atomic E-state index is 0. The topological polar surface area (TPSA) is 40.1 Å². The average Bonchev–Trinajstić information content (AvgIpc) is 3.06. The standard InChI is InChI=1S/C20H40N4O.HI/c1-7-23(8-2)17-11-12-24(15-17)19(21-6)22-14-16-10-9-13-25-18(16)20(3,4)5;/h16-18H,7-15H2,1-6H3,(H,21,22);1H. The zero-order valence-corrected chi connectivity index (χ0v) is 20.1. The van der Waals surface area contributed by atoms with E-state index in [1.807, 2.05) is 7.05 Å². The summed E-state index contributed by atoms with van der Waals surface area (Å²) >= 11 is 0. The van der Waals surface area contributed by atoms with E-state index < -0.39 is 0 Å². The Bertz CT molecular complexity index is 434. The van der Waals surface area contributed by atoms with Crippen molar-refractivity contribution in [1.29, 1.82) is 0 Å². The predicted octanol–water partition coefficient (Wildman–Crippen LogP) is 3.44. The predicted molar refractivity (Wildman–Crippen MR) is 122 cm³/mol. The summed E-state index contributed by atoms with van der Waals surface area (Å²) in [5.74, 6) is 1.62. The molecule has 0 aliphatic carbocycles. The molecule has 2 rings (SSSR count). The third-order valence-electron chi connectivity index (χ3n) is 5.82. The molecule has 2 aliphatic heterocycles. The van der Waals surface area contributed by atoms with Crippen LogP contribution in [-0.2, 0) is 4.74 Å². The number of ether oxygens (including phenoxy) is 1. The van der Waals surface area contributed by atoms with Crippen molar-refractivity contribution >= 4 is 29.9 Å². The van der Waals surface area contributed by atoms with Crippen molar-refractivity contribution in [2.45, 2.75) is 66.0 Å². The molecule has 0 bridgehead atoms. The molecule has 3 atom stereocenters. The Morgan fingerprint density at radius 3 is 2.50 bits per heavy atom. The van der Waals surface area contributed by atoms with Gasteiger partial charge in [0.2, 0.25) is 0 Å². The molecule has 0 spiro atoms. The molecule has 2 saturated heterocycles. The van der Waals surface area contributed by atoms with Gasteiger partial charge in [-0.15, -0.1) is 24.0 Å². The van der Waals surface area contributed by atoms with E-state index in [0.29, 0.717) is 18.1 Å². The van der Waals surface area contributed by atoms with Crippen LogP contribution in [0.5, 0.6) is 0 Å². The minimum Gasteiger partial charge on any atom is -0.377 e. The molecule has 2 heterocycles. The highest BCUT2D eigenvalue weighted by Crippen LogP contribution is 2.33. The molecule has 0 saturated carbocycles. The van der Waals surface area contributed by atoms with Crippen molar-refractivity contribution < 1.29 is 4.74 Å². The first-order chi connectivity index (χ1) is 11.9. The van der Waals surface area contributed by atoms with Gasteiger partial charge in [0.25, 0.3) is 0 Å². The van der Waals surface area contributed by atoms with Crippen molar-refractivity contribution in [1.82, 2.24) is 15.1 Å². The number of halogens is 1. The van der Waals surface area contributed by atoms with E-state index in [1.54, 1.807) is 0 Å². The second-order valence-electron chi connectivity index (χ2n) is 8.60. The molecule has 3 unspecified atom stereocenters. The zero-order chi connectivity index (χ0) is 18.4. The van der Waals surface area contributed by atoms with Crippen molar-refractivity contribution in [2.24, 2.45) is 16.3 Å². The number of nitrogens with zero attached hydrogens (tertiary/aromatic N) is 3. The summed E-state index contributed by atoms with van der Waals surface area (Å²) in [5.41, 5.74) is 0.192. The fourth-order valence-electron chi connectivity index (χ4n) is 4.54. The first-order valence-electron chi connectivity index (χ1n) is 10.2. The number of guanidine groups is 1. The Morgan fingerprint density at radius 2 is 1.92 bits per heavy atom. The second kappa shape index (κ2) is 11.1. The molecule has 2 aliphatic rings. The van der Waals surface area contributed by atoms with Crippen LogP contribution in [0.15, 0.2) is 4.99 Å². The summed E-state index contributed by atoms with van der Waals surface area (Å²) in [4.78, 5) is 9.56. The maximum Gasteiger partial charge on any atom is 0.193 e. The number of aliphatic imine (C=N–C) groups is 1. The van der Waals surface area contributed by atoms with Gasteiger partial charge in [0.05, 0.1) is 6.10 Å². The van der Waals surface area contributed by atoms with Gasteiger partial charge in [0.1, 0.15) is 0 Å². The van der Waals surface area contributed by atoms with Gasteiger partial charge in [-0.2, -0.15) is 0 Å². The largest absolute Gasteiger partial charge is 0.377 e. The van der Waals surface area contributed by atoms with E-state index in [9.17, 15) is 0 Å². The molecule has 0 aromatic rings. The maximum absolute atomic E-state index is 6.12. The number of nitrogens with one attached hydrogen (secondary N) is 1. The minimum absolute atomic E-state index is 0. The van der Waals surface area contributed by atoms with Crippen molar-refractivity contribution in [3.8, 4) is 0 Å². The lowest BCUT2D eigenvalue weighted by Crippen LogP contribution is -2.48. The molecule has 0 aromatic heterocycles. The summed E-state index contributed by atoms with van der Waals surface area (Å²) in [6.45, 7) is 17.7. The van der Waals surface area contributed by atoms with Crippen LogP contribution in [0, 0.1) is 11.3 Å². The first kappa shape index (κ1) is 24.0. The third-order valence-corrected chi connectivity index (χ3v) is 5.82. The molecular weight excluding hydrogens is 439 g/mol. The highest BCUT2D eigenvalue weighted by atomic mass is 127. The van der Waals surface area contributed by atoms with Crippen LogP contribution in [-0.4, -0.2) is 74.3 Å². The Labute approximate surface area is 178 Å². The van der Waals surface area contributed by atoms with Gasteiger partial charge in [-0.05, 0) is 37.8 Å². The Morgan fingerprint density at radius 1 is 1.23 bits per heavy atom. The van der Waals surface area contributed by atoms with Crippen LogP contribution in [0.2, 0.25) is 0 Å². The quantitative estimate of drug-likeness (QED) is 0.372. The summed E-state index contributed by atoms with van der Waals surface area (Å²) in [6.07, 6.45) is 3.98. The van der Waals surface area contributed by atoms with Crippen LogP contribution < -0.4 is 5.32 Å². The normalized spacial score (nSPS) is 27.6. The lowest BCUT2D eigenvalue weighted by Gasteiger charge is -2.40. The van der Waals surface area contributed by atoms with E-state index in [2.05, 4.69) is 54.7 Å². The number of rotatable bonds is 5. The average molecular weight is 480 g/mol. The zero-order valence-electron chi connectivity index (χ0n) is 17.8. The van der Waals surface area contributed by atoms with Crippen LogP contribution in [0.25, 0.3) is 0 Å². The Kier molecular flexibility index (Phi) is 10.2. The second-order valence-corrected chi connectivity index (χ2v) is 8.60. The van der Waals surface area contributed by atoms with Gasteiger partial charge in [-0.25, -0.2) is 0 Å². The highest BCUT2D eigenvalue weighted by molar-refractivity contribution is 14.0. The van der Waals surface area contributed by atoms with Gasteiger partial charge in [-0.1, -0.05) is 34.6 Å². The number of likely N-dealkylation sites (tertiary alicyclic amines) is 1. The Hall–Kier alpha value is -0.0800. The smallest absolute Gasteiger partial charge is 0.193 e. The number of hydrogen-bond acceptors (Lipinski definition) is 3. The summed E-state index contributed by atoms with van der Waals surface area (Å²) < 4.78 is 6.12. The highest BCUT2D eigenvalue weighted by Gasteiger charge is 2.36. The fraction of sp³-hybridized carbons (Fsp3) is 0.950. The lowest BCUT2D eigenvalue weighted by molar-refractivity contribution is -0.0836. The van der Waals surface area contributed by atoms with E-state index in [1.165, 1.54) is 19.3 Å². The molecule has 1 N–H and O–H groups in total. The van der Waals surface area contributed by atoms with Crippen LogP contribution in [0.1, 0.15) is 53.9 Å². The van der Waals surface area contributed by atoms with Crippen LogP contribution in [0.3, 0.4) is 0 Å². The monoisotopic (exact) mass is 480 g/mol. The molecule has 0 amide bonds. The molecule has 2 fully saturated rings. The molecule has 0 aromatic carbocycles. The van der Waals surface area contributed by atoms with Crippen LogP contribution >= 0.6 is 24.0 Å². The molecule has 154 valence electrons. The molecule has 0 radical (unpaired) electrons.